The quantitative estimate of drug-likeness (QED) is 0.418. The maximum Gasteiger partial charge on any atom is 0.248 e. The van der Waals surface area contributed by atoms with Crippen LogP contribution in [0.1, 0.15) is 5.69 Å². The van der Waals surface area contributed by atoms with E-state index in [2.05, 4.69) is 21.7 Å². The Morgan fingerprint density at radius 1 is 1.58 bits per heavy atom. The predicted molar refractivity (Wildman–Crippen MR) is 46.4 cm³/mol. The van der Waals surface area contributed by atoms with Gasteiger partial charge in [0.05, 0.1) is 5.69 Å². The van der Waals surface area contributed by atoms with Gasteiger partial charge in [0, 0.05) is 0 Å². The lowest BCUT2D eigenvalue weighted by molar-refractivity contribution is 0.382. The number of nitrogens with one attached hydrogen (secondary N) is 1. The lowest BCUT2D eigenvalue weighted by atomic mass is 10.4. The highest BCUT2D eigenvalue weighted by Gasteiger charge is 2.06. The molecule has 0 fully saturated rings. The molecule has 0 radical (unpaired) electrons. The van der Waals surface area contributed by atoms with Gasteiger partial charge in [-0.05, 0) is 13.6 Å². The van der Waals surface area contributed by atoms with Crippen molar-refractivity contribution in [1.29, 1.82) is 0 Å². The van der Waals surface area contributed by atoms with Gasteiger partial charge in [0.1, 0.15) is 5.69 Å². The maximum atomic E-state index is 8.47. The predicted octanol–water partition coefficient (Wildman–Crippen LogP) is 1.57. The van der Waals surface area contributed by atoms with Crippen molar-refractivity contribution in [2.75, 3.05) is 5.48 Å². The van der Waals surface area contributed by atoms with Crippen LogP contribution in [0.2, 0.25) is 5.15 Å². The Bertz CT molecular complexity index is 291. The molecule has 1 aromatic rings. The van der Waals surface area contributed by atoms with Crippen LogP contribution in [0.25, 0.3) is 0 Å². The fourth-order valence-electron chi connectivity index (χ4n) is 0.762. The molecule has 0 amide bonds. The standard InChI is InChI=1S/C6H7ClN4O/c1-3-4(8-2)5(7)10-6(9-3)11-12/h12H,2H2,1H3,(H,9,10,11). The van der Waals surface area contributed by atoms with E-state index in [0.29, 0.717) is 11.4 Å². The van der Waals surface area contributed by atoms with Gasteiger partial charge in [0.25, 0.3) is 0 Å². The zero-order valence-corrected chi connectivity index (χ0v) is 7.13. The van der Waals surface area contributed by atoms with Crippen LogP contribution in [0.5, 0.6) is 0 Å². The number of aliphatic imine (C=N–C) groups is 1. The van der Waals surface area contributed by atoms with Gasteiger partial charge in [-0.15, -0.1) is 0 Å². The van der Waals surface area contributed by atoms with E-state index in [1.165, 1.54) is 0 Å². The maximum absolute atomic E-state index is 8.47. The van der Waals surface area contributed by atoms with E-state index in [0.717, 1.165) is 0 Å². The molecule has 5 nitrogen and oxygen atoms in total. The second kappa shape index (κ2) is 3.46. The van der Waals surface area contributed by atoms with Crippen molar-refractivity contribution in [3.8, 4) is 0 Å². The summed E-state index contributed by atoms with van der Waals surface area (Å²) in [5.41, 5.74) is 2.77. The molecule has 1 heterocycles. The van der Waals surface area contributed by atoms with Crippen molar-refractivity contribution < 1.29 is 5.21 Å². The molecule has 0 atom stereocenters. The minimum atomic E-state index is 0.0462. The van der Waals surface area contributed by atoms with Gasteiger partial charge in [-0.25, -0.2) is 10.5 Å². The van der Waals surface area contributed by atoms with Crippen molar-refractivity contribution in [2.24, 2.45) is 4.99 Å². The topological polar surface area (TPSA) is 70.4 Å². The number of halogens is 1. The summed E-state index contributed by atoms with van der Waals surface area (Å²) < 4.78 is 0. The molecule has 0 saturated carbocycles. The number of aryl methyl sites for hydroxylation is 1. The van der Waals surface area contributed by atoms with Crippen LogP contribution in [0.15, 0.2) is 4.99 Å². The van der Waals surface area contributed by atoms with Gasteiger partial charge >= 0.3 is 0 Å². The Kier molecular flexibility index (Phi) is 2.57. The lowest BCUT2D eigenvalue weighted by Gasteiger charge is -2.02. The molecule has 2 N–H and O–H groups in total. The number of aromatic nitrogens is 2. The third-order valence-corrected chi connectivity index (χ3v) is 1.54. The number of anilines is 1. The van der Waals surface area contributed by atoms with E-state index in [1.54, 1.807) is 12.4 Å². The van der Waals surface area contributed by atoms with Crippen molar-refractivity contribution in [3.05, 3.63) is 10.8 Å². The lowest BCUT2D eigenvalue weighted by Crippen LogP contribution is -1.98. The molecular weight excluding hydrogens is 180 g/mol. The first-order chi connectivity index (χ1) is 5.69. The first kappa shape index (κ1) is 8.89. The summed E-state index contributed by atoms with van der Waals surface area (Å²) in [6.07, 6.45) is 0. The smallest absolute Gasteiger partial charge is 0.248 e. The van der Waals surface area contributed by atoms with Crippen LogP contribution in [0.4, 0.5) is 11.6 Å². The molecule has 64 valence electrons. The van der Waals surface area contributed by atoms with E-state index in [9.17, 15) is 0 Å². The summed E-state index contributed by atoms with van der Waals surface area (Å²) in [5, 5.41) is 8.63. The highest BCUT2D eigenvalue weighted by atomic mass is 35.5. The third-order valence-electron chi connectivity index (χ3n) is 1.27. The van der Waals surface area contributed by atoms with E-state index < -0.39 is 0 Å². The minimum absolute atomic E-state index is 0.0462. The number of hydrogen-bond donors (Lipinski definition) is 2. The van der Waals surface area contributed by atoms with Gasteiger partial charge in [0.2, 0.25) is 5.95 Å². The Hall–Kier alpha value is -1.20. The van der Waals surface area contributed by atoms with E-state index >= 15 is 0 Å². The molecule has 1 rings (SSSR count). The van der Waals surface area contributed by atoms with Gasteiger partial charge < -0.3 is 0 Å². The normalized spacial score (nSPS) is 9.58. The second-order valence-electron chi connectivity index (χ2n) is 2.04. The fraction of sp³-hybridized carbons (Fsp3) is 0.167. The van der Waals surface area contributed by atoms with Crippen LogP contribution in [0, 0.1) is 6.92 Å². The molecular formula is C6H7ClN4O. The second-order valence-corrected chi connectivity index (χ2v) is 2.40. The number of hydrogen-bond acceptors (Lipinski definition) is 5. The number of rotatable bonds is 2. The van der Waals surface area contributed by atoms with Crippen LogP contribution < -0.4 is 5.48 Å². The third kappa shape index (κ3) is 1.51. The first-order valence-corrected chi connectivity index (χ1v) is 3.47. The fourth-order valence-corrected chi connectivity index (χ4v) is 1.04. The van der Waals surface area contributed by atoms with Crippen molar-refractivity contribution in [3.63, 3.8) is 0 Å². The molecule has 6 heteroatoms. The van der Waals surface area contributed by atoms with Crippen molar-refractivity contribution >= 4 is 30.0 Å². The molecule has 0 bridgehead atoms. The first-order valence-electron chi connectivity index (χ1n) is 3.10. The van der Waals surface area contributed by atoms with E-state index in [1.807, 2.05) is 0 Å². The van der Waals surface area contributed by atoms with Crippen molar-refractivity contribution in [1.82, 2.24) is 9.97 Å². The van der Waals surface area contributed by atoms with Crippen LogP contribution in [0.3, 0.4) is 0 Å². The molecule has 0 aliphatic rings. The Morgan fingerprint density at radius 2 is 2.25 bits per heavy atom. The zero-order valence-electron chi connectivity index (χ0n) is 6.37. The van der Waals surface area contributed by atoms with Gasteiger partial charge in [-0.1, -0.05) is 11.6 Å². The molecule has 0 unspecified atom stereocenters. The Labute approximate surface area is 74.1 Å². The molecule has 0 aliphatic heterocycles. The average Bonchev–Trinajstić information content (AvgIpc) is 2.03. The van der Waals surface area contributed by atoms with Crippen LogP contribution >= 0.6 is 11.6 Å². The summed E-state index contributed by atoms with van der Waals surface area (Å²) in [6.45, 7) is 5.00. The molecule has 1 aromatic heterocycles. The summed E-state index contributed by atoms with van der Waals surface area (Å²) in [4.78, 5) is 11.1. The summed E-state index contributed by atoms with van der Waals surface area (Å²) in [5.74, 6) is 0.0462. The van der Waals surface area contributed by atoms with Gasteiger partial charge in [-0.3, -0.25) is 10.2 Å². The molecule has 0 aliphatic carbocycles. The van der Waals surface area contributed by atoms with Gasteiger partial charge in [0.15, 0.2) is 5.15 Å². The molecule has 12 heavy (non-hydrogen) atoms. The largest absolute Gasteiger partial charge is 0.288 e. The van der Waals surface area contributed by atoms with Gasteiger partial charge in [-0.2, -0.15) is 4.98 Å². The molecule has 0 aromatic carbocycles. The monoisotopic (exact) mass is 186 g/mol. The van der Waals surface area contributed by atoms with Crippen LogP contribution in [-0.2, 0) is 0 Å². The zero-order chi connectivity index (χ0) is 9.14. The highest BCUT2D eigenvalue weighted by molar-refractivity contribution is 6.32. The summed E-state index contributed by atoms with van der Waals surface area (Å²) in [7, 11) is 0. The summed E-state index contributed by atoms with van der Waals surface area (Å²) >= 11 is 5.68. The number of nitrogens with zero attached hydrogens (tertiary/aromatic N) is 3. The van der Waals surface area contributed by atoms with E-state index in [-0.39, 0.29) is 11.1 Å². The highest BCUT2D eigenvalue weighted by Crippen LogP contribution is 2.25. The average molecular weight is 187 g/mol. The van der Waals surface area contributed by atoms with Crippen molar-refractivity contribution in [2.45, 2.75) is 6.92 Å². The summed E-state index contributed by atoms with van der Waals surface area (Å²) in [6, 6.07) is 0. The molecule has 0 saturated heterocycles. The Balaban J connectivity index is 3.27. The van der Waals surface area contributed by atoms with Crippen LogP contribution in [-0.4, -0.2) is 21.9 Å². The van der Waals surface area contributed by atoms with E-state index in [4.69, 9.17) is 16.8 Å². The Morgan fingerprint density at radius 3 is 2.67 bits per heavy atom. The molecule has 0 spiro atoms. The SMILES string of the molecule is C=Nc1c(C)nc(NO)nc1Cl. The minimum Gasteiger partial charge on any atom is -0.288 e.